The molecular weight excluding hydrogens is 216 g/mol. The third kappa shape index (κ3) is 3.43. The first-order chi connectivity index (χ1) is 8.28. The Morgan fingerprint density at radius 1 is 1.35 bits per heavy atom. The number of cyclic esters (lactones) is 1. The van der Waals surface area contributed by atoms with Crippen LogP contribution in [0.15, 0.2) is 36.4 Å². The SMILES string of the molecule is COC1CC(=O)OC(C=Cc2ccccc2)C1. The average molecular weight is 232 g/mol. The zero-order valence-electron chi connectivity index (χ0n) is 9.84. The Kier molecular flexibility index (Phi) is 3.94. The van der Waals surface area contributed by atoms with E-state index in [1.165, 1.54) is 0 Å². The van der Waals surface area contributed by atoms with Crippen LogP contribution in [-0.4, -0.2) is 25.3 Å². The van der Waals surface area contributed by atoms with Crippen molar-refractivity contribution in [1.82, 2.24) is 0 Å². The first-order valence-corrected chi connectivity index (χ1v) is 5.73. The fourth-order valence-corrected chi connectivity index (χ4v) is 1.87. The highest BCUT2D eigenvalue weighted by Gasteiger charge is 2.26. The molecule has 0 amide bonds. The van der Waals surface area contributed by atoms with Gasteiger partial charge in [0.2, 0.25) is 0 Å². The third-order valence-corrected chi connectivity index (χ3v) is 2.81. The topological polar surface area (TPSA) is 35.5 Å². The molecule has 0 radical (unpaired) electrons. The van der Waals surface area contributed by atoms with Gasteiger partial charge in [-0.1, -0.05) is 36.4 Å². The molecule has 1 saturated heterocycles. The van der Waals surface area contributed by atoms with Crippen molar-refractivity contribution in [2.45, 2.75) is 25.0 Å². The Morgan fingerprint density at radius 3 is 2.82 bits per heavy atom. The van der Waals surface area contributed by atoms with Gasteiger partial charge in [-0.2, -0.15) is 0 Å². The number of benzene rings is 1. The molecule has 1 aromatic carbocycles. The molecule has 1 aliphatic heterocycles. The van der Waals surface area contributed by atoms with Gasteiger partial charge in [-0.25, -0.2) is 0 Å². The fourth-order valence-electron chi connectivity index (χ4n) is 1.87. The highest BCUT2D eigenvalue weighted by molar-refractivity contribution is 5.71. The molecule has 2 rings (SSSR count). The van der Waals surface area contributed by atoms with Crippen LogP contribution in [0.1, 0.15) is 18.4 Å². The number of esters is 1. The van der Waals surface area contributed by atoms with Gasteiger partial charge in [-0.15, -0.1) is 0 Å². The van der Waals surface area contributed by atoms with E-state index in [-0.39, 0.29) is 18.2 Å². The predicted octanol–water partition coefficient (Wildman–Crippen LogP) is 2.42. The lowest BCUT2D eigenvalue weighted by Crippen LogP contribution is -2.32. The first kappa shape index (κ1) is 11.9. The number of ether oxygens (including phenoxy) is 2. The number of methoxy groups -OCH3 is 1. The minimum absolute atomic E-state index is 0.0262. The van der Waals surface area contributed by atoms with Gasteiger partial charge < -0.3 is 9.47 Å². The summed E-state index contributed by atoms with van der Waals surface area (Å²) in [6.07, 6.45) is 4.76. The molecule has 1 heterocycles. The standard InChI is InChI=1S/C14H16O3/c1-16-13-9-12(17-14(15)10-13)8-7-11-5-3-2-4-6-11/h2-8,12-13H,9-10H2,1H3. The molecule has 0 saturated carbocycles. The smallest absolute Gasteiger partial charge is 0.309 e. The van der Waals surface area contributed by atoms with E-state index in [2.05, 4.69) is 0 Å². The van der Waals surface area contributed by atoms with Gasteiger partial charge in [0, 0.05) is 13.5 Å². The van der Waals surface area contributed by atoms with Gasteiger partial charge in [0.1, 0.15) is 6.10 Å². The molecule has 17 heavy (non-hydrogen) atoms. The van der Waals surface area contributed by atoms with E-state index in [9.17, 15) is 4.79 Å². The summed E-state index contributed by atoms with van der Waals surface area (Å²) in [5.41, 5.74) is 1.10. The third-order valence-electron chi connectivity index (χ3n) is 2.81. The number of carbonyl (C=O) groups excluding carboxylic acids is 1. The van der Waals surface area contributed by atoms with Gasteiger partial charge in [0.25, 0.3) is 0 Å². The van der Waals surface area contributed by atoms with E-state index in [0.29, 0.717) is 6.42 Å². The summed E-state index contributed by atoms with van der Waals surface area (Å²) >= 11 is 0. The molecule has 0 aromatic heterocycles. The van der Waals surface area contributed by atoms with Crippen LogP contribution >= 0.6 is 0 Å². The van der Waals surface area contributed by atoms with Gasteiger partial charge >= 0.3 is 5.97 Å². The van der Waals surface area contributed by atoms with Crippen molar-refractivity contribution in [2.24, 2.45) is 0 Å². The number of hydrogen-bond donors (Lipinski definition) is 0. The van der Waals surface area contributed by atoms with Crippen molar-refractivity contribution in [3.05, 3.63) is 42.0 Å². The fraction of sp³-hybridized carbons (Fsp3) is 0.357. The molecule has 0 bridgehead atoms. The van der Waals surface area contributed by atoms with Crippen LogP contribution in [0.25, 0.3) is 6.08 Å². The second kappa shape index (κ2) is 5.64. The van der Waals surface area contributed by atoms with Crippen molar-refractivity contribution in [3.8, 4) is 0 Å². The van der Waals surface area contributed by atoms with Gasteiger partial charge in [0.05, 0.1) is 12.5 Å². The van der Waals surface area contributed by atoms with Crippen LogP contribution in [0.5, 0.6) is 0 Å². The molecular formula is C14H16O3. The Bertz CT molecular complexity index is 397. The van der Waals surface area contributed by atoms with Crippen molar-refractivity contribution in [3.63, 3.8) is 0 Å². The minimum atomic E-state index is -0.189. The lowest BCUT2D eigenvalue weighted by atomic mass is 10.0. The maximum atomic E-state index is 11.3. The van der Waals surface area contributed by atoms with Gasteiger partial charge in [-0.3, -0.25) is 4.79 Å². The molecule has 1 aromatic rings. The van der Waals surface area contributed by atoms with Crippen LogP contribution < -0.4 is 0 Å². The predicted molar refractivity (Wildman–Crippen MR) is 65.4 cm³/mol. The van der Waals surface area contributed by atoms with Crippen LogP contribution in [0, 0.1) is 0 Å². The maximum Gasteiger partial charge on any atom is 0.309 e. The van der Waals surface area contributed by atoms with Crippen LogP contribution in [0.2, 0.25) is 0 Å². The van der Waals surface area contributed by atoms with Gasteiger partial charge in [0.15, 0.2) is 0 Å². The molecule has 3 heteroatoms. The van der Waals surface area contributed by atoms with E-state index in [1.54, 1.807) is 7.11 Å². The first-order valence-electron chi connectivity index (χ1n) is 5.73. The Labute approximate surface area is 101 Å². The molecule has 2 atom stereocenters. The summed E-state index contributed by atoms with van der Waals surface area (Å²) in [6, 6.07) is 9.94. The van der Waals surface area contributed by atoms with E-state index >= 15 is 0 Å². The Hall–Kier alpha value is -1.61. The monoisotopic (exact) mass is 232 g/mol. The summed E-state index contributed by atoms with van der Waals surface area (Å²) in [5.74, 6) is -0.189. The Balaban J connectivity index is 1.98. The van der Waals surface area contributed by atoms with Crippen LogP contribution in [0.3, 0.4) is 0 Å². The zero-order valence-corrected chi connectivity index (χ0v) is 9.84. The normalized spacial score (nSPS) is 24.9. The lowest BCUT2D eigenvalue weighted by molar-refractivity contribution is -0.157. The highest BCUT2D eigenvalue weighted by atomic mass is 16.6. The number of hydrogen-bond acceptors (Lipinski definition) is 3. The second-order valence-corrected chi connectivity index (χ2v) is 4.10. The summed E-state index contributed by atoms with van der Waals surface area (Å²) in [6.45, 7) is 0. The molecule has 0 N–H and O–H groups in total. The highest BCUT2D eigenvalue weighted by Crippen LogP contribution is 2.19. The van der Waals surface area contributed by atoms with Crippen molar-refractivity contribution in [2.75, 3.05) is 7.11 Å². The van der Waals surface area contributed by atoms with E-state index in [1.807, 2.05) is 42.5 Å². The Morgan fingerprint density at radius 2 is 2.12 bits per heavy atom. The number of rotatable bonds is 3. The average Bonchev–Trinajstić information content (AvgIpc) is 2.37. The van der Waals surface area contributed by atoms with E-state index < -0.39 is 0 Å². The van der Waals surface area contributed by atoms with Gasteiger partial charge in [-0.05, 0) is 11.6 Å². The molecule has 1 aliphatic rings. The van der Waals surface area contributed by atoms with Crippen molar-refractivity contribution in [1.29, 1.82) is 0 Å². The quantitative estimate of drug-likeness (QED) is 0.751. The summed E-state index contributed by atoms with van der Waals surface area (Å²) < 4.78 is 10.4. The molecule has 1 fully saturated rings. The second-order valence-electron chi connectivity index (χ2n) is 4.10. The maximum absolute atomic E-state index is 11.3. The van der Waals surface area contributed by atoms with E-state index in [4.69, 9.17) is 9.47 Å². The van der Waals surface area contributed by atoms with Crippen molar-refractivity contribution < 1.29 is 14.3 Å². The van der Waals surface area contributed by atoms with Crippen LogP contribution in [0.4, 0.5) is 0 Å². The van der Waals surface area contributed by atoms with E-state index in [0.717, 1.165) is 12.0 Å². The van der Waals surface area contributed by atoms with Crippen LogP contribution in [-0.2, 0) is 14.3 Å². The largest absolute Gasteiger partial charge is 0.458 e. The zero-order chi connectivity index (χ0) is 12.1. The molecule has 90 valence electrons. The summed E-state index contributed by atoms with van der Waals surface area (Å²) in [5, 5.41) is 0. The summed E-state index contributed by atoms with van der Waals surface area (Å²) in [4.78, 5) is 11.3. The molecule has 2 unspecified atom stereocenters. The van der Waals surface area contributed by atoms with Crippen molar-refractivity contribution >= 4 is 12.0 Å². The lowest BCUT2D eigenvalue weighted by Gasteiger charge is -2.25. The molecule has 0 spiro atoms. The molecule has 0 aliphatic carbocycles. The molecule has 3 nitrogen and oxygen atoms in total. The minimum Gasteiger partial charge on any atom is -0.458 e. The summed E-state index contributed by atoms with van der Waals surface area (Å²) in [7, 11) is 1.63. The number of carbonyl (C=O) groups is 1.